The Hall–Kier alpha value is -5.69. The van der Waals surface area contributed by atoms with Crippen LogP contribution < -0.4 is 19.6 Å². The third kappa shape index (κ3) is 9.51. The fourth-order valence-electron chi connectivity index (χ4n) is 7.10. The van der Waals surface area contributed by atoms with E-state index in [2.05, 4.69) is 145 Å². The number of rotatable bonds is 12. The van der Waals surface area contributed by atoms with E-state index < -0.39 is 15.4 Å². The van der Waals surface area contributed by atoms with Crippen molar-refractivity contribution < 1.29 is 20.1 Å². The summed E-state index contributed by atoms with van der Waals surface area (Å²) in [5.41, 5.74) is 7.56. The van der Waals surface area contributed by atoms with Crippen LogP contribution in [-0.4, -0.2) is 42.6 Å². The van der Waals surface area contributed by atoms with E-state index in [1.54, 1.807) is 4.68 Å². The molecule has 1 radical (unpaired) electrons. The van der Waals surface area contributed by atoms with E-state index in [9.17, 15) is 0 Å². The standard InChI is InChI=1S/C28H24N6.C19H17N4P2.Ir/c1-3-11-23(12-4-1)33-21-31(25-15-9-17-29-27(25)33)19-7-8-20-32-22-34(24-13-5-2-6-14-24)28-26(32)16-10-18-30-28;1-24-19(15-25(22-24)14-17-10-6-3-7-11-17)18-13-23(21-20-18)12-16-8-4-2-5-9-16;/h1-6,9-11,13,15-18,21-22H,7-8,19-20H2;2-11H,12,14H2,1H3;/q-4;-1;. The summed E-state index contributed by atoms with van der Waals surface area (Å²) in [5, 5.41) is 9.63. The van der Waals surface area contributed by atoms with Crippen molar-refractivity contribution in [3.8, 4) is 11.0 Å². The third-order valence-electron chi connectivity index (χ3n) is 9.93. The molecule has 0 saturated carbocycles. The van der Waals surface area contributed by atoms with Crippen molar-refractivity contribution in [3.63, 3.8) is 0 Å². The van der Waals surface area contributed by atoms with Gasteiger partial charge in [-0.05, 0) is 61.3 Å². The molecular formula is C47H41IrN10P2-5. The van der Waals surface area contributed by atoms with Gasteiger partial charge in [-0.25, -0.2) is 16.2 Å². The van der Waals surface area contributed by atoms with Gasteiger partial charge in [-0.2, -0.15) is 90.8 Å². The van der Waals surface area contributed by atoms with Crippen LogP contribution in [-0.2, 0) is 39.5 Å². The Labute approximate surface area is 367 Å². The molecule has 0 saturated heterocycles. The SMILES string of the molecule is Cp1n[p+](Cc2ccccc2)[c-]c1-c1[c-]n(Cc2ccccc2)nn1.[Ir].[c-]1ccccc1N1[CH-]N(CCCCN2[CH-]N(c3[c-]cccc3)c3ncccc32)c2cccnc21. The largest absolute Gasteiger partial charge is 0.500 e. The van der Waals surface area contributed by atoms with Gasteiger partial charge in [0.25, 0.3) is 0 Å². The first kappa shape index (κ1) is 41.1. The molecule has 2 unspecified atom stereocenters. The van der Waals surface area contributed by atoms with E-state index in [0.717, 1.165) is 77.5 Å². The van der Waals surface area contributed by atoms with Gasteiger partial charge in [0.05, 0.1) is 6.16 Å². The second kappa shape index (κ2) is 19.6. The molecule has 0 bridgehead atoms. The number of hydrogen-bond acceptors (Lipinski definition) is 9. The van der Waals surface area contributed by atoms with E-state index in [1.807, 2.05) is 85.2 Å². The Morgan fingerprint density at radius 3 is 1.75 bits per heavy atom. The van der Waals surface area contributed by atoms with Gasteiger partial charge in [0, 0.05) is 72.5 Å². The maximum atomic E-state index is 4.92. The van der Waals surface area contributed by atoms with E-state index in [-0.39, 0.29) is 20.1 Å². The molecule has 0 N–H and O–H groups in total. The van der Waals surface area contributed by atoms with Crippen molar-refractivity contribution in [3.05, 3.63) is 194 Å². The number of para-hydroxylation sites is 2. The molecular weight excluding hydrogens is 959 g/mol. The molecule has 6 heterocycles. The van der Waals surface area contributed by atoms with Gasteiger partial charge >= 0.3 is 0 Å². The molecule has 8 aromatic rings. The average molecular weight is 1000 g/mol. The number of benzene rings is 4. The van der Waals surface area contributed by atoms with Crippen LogP contribution in [0.25, 0.3) is 11.0 Å². The minimum Gasteiger partial charge on any atom is -0.500 e. The second-order valence-electron chi connectivity index (χ2n) is 14.1. The predicted octanol–water partition coefficient (Wildman–Crippen LogP) is 10.5. The Morgan fingerprint density at radius 1 is 0.650 bits per heavy atom. The maximum absolute atomic E-state index is 4.92. The van der Waals surface area contributed by atoms with Gasteiger partial charge in [0.1, 0.15) is 11.6 Å². The van der Waals surface area contributed by atoms with Crippen molar-refractivity contribution in [2.75, 3.05) is 32.7 Å². The number of nitrogens with zero attached hydrogens (tertiary/aromatic N) is 10. The first-order valence-corrected chi connectivity index (χ1v) is 22.8. The number of anilines is 6. The fraction of sp³-hybridized carbons (Fsp3) is 0.149. The monoisotopic (exact) mass is 1000 g/mol. The van der Waals surface area contributed by atoms with Gasteiger partial charge in [0.15, 0.2) is 0 Å². The Bertz CT molecular complexity index is 2480. The Kier molecular flexibility index (Phi) is 13.4. The molecule has 4 aromatic carbocycles. The van der Waals surface area contributed by atoms with Crippen molar-refractivity contribution in [1.29, 1.82) is 0 Å². The van der Waals surface area contributed by atoms with Crippen LogP contribution >= 0.6 is 15.4 Å². The van der Waals surface area contributed by atoms with E-state index in [0.29, 0.717) is 6.54 Å². The van der Waals surface area contributed by atoms with Crippen LogP contribution in [0.1, 0.15) is 24.0 Å². The summed E-state index contributed by atoms with van der Waals surface area (Å²) in [5.74, 6) is 5.48. The third-order valence-corrected chi connectivity index (χ3v) is 14.2. The number of fused-ring (bicyclic) bond motifs is 2. The number of aromatic nitrogens is 6. The predicted molar refractivity (Wildman–Crippen MR) is 239 cm³/mol. The molecule has 0 spiro atoms. The molecule has 0 amide bonds. The molecule has 2 aliphatic rings. The molecule has 2 aliphatic heterocycles. The minimum atomic E-state index is -0.593. The number of pyridine rings is 2. The Morgan fingerprint density at radius 2 is 1.20 bits per heavy atom. The van der Waals surface area contributed by atoms with Crippen molar-refractivity contribution in [1.82, 2.24) is 29.5 Å². The molecule has 10 rings (SSSR count). The molecule has 303 valence electrons. The number of aryl methyl sites for hydroxylation is 1. The van der Waals surface area contributed by atoms with Crippen LogP contribution in [0.4, 0.5) is 34.4 Å². The van der Waals surface area contributed by atoms with Crippen LogP contribution in [0.2, 0.25) is 0 Å². The van der Waals surface area contributed by atoms with Crippen molar-refractivity contribution >= 4 is 49.8 Å². The van der Waals surface area contributed by atoms with E-state index in [1.165, 1.54) is 11.1 Å². The van der Waals surface area contributed by atoms with Crippen LogP contribution in [0.5, 0.6) is 0 Å². The summed E-state index contributed by atoms with van der Waals surface area (Å²) in [6.45, 7) is 8.96. The van der Waals surface area contributed by atoms with Crippen LogP contribution in [0, 0.1) is 37.5 Å². The molecule has 13 heteroatoms. The molecule has 0 fully saturated rings. The summed E-state index contributed by atoms with van der Waals surface area (Å²) >= 11 is 0. The fourth-order valence-corrected chi connectivity index (χ4v) is 11.5. The quantitative estimate of drug-likeness (QED) is 0.0878. The van der Waals surface area contributed by atoms with Crippen molar-refractivity contribution in [2.24, 2.45) is 6.66 Å². The first-order chi connectivity index (χ1) is 29.2. The normalized spacial score (nSPS) is 13.3. The van der Waals surface area contributed by atoms with Crippen LogP contribution in [0.15, 0.2) is 146 Å². The molecule has 4 aromatic heterocycles. The molecule has 2 atom stereocenters. The maximum Gasteiger partial charge on any atom is 0.124 e. The van der Waals surface area contributed by atoms with E-state index >= 15 is 0 Å². The second-order valence-corrected chi connectivity index (χ2v) is 17.6. The summed E-state index contributed by atoms with van der Waals surface area (Å²) in [6.07, 6.45) is 10.0. The Balaban J connectivity index is 0.000000171. The molecule has 10 nitrogen and oxygen atoms in total. The van der Waals surface area contributed by atoms with Gasteiger partial charge in [-0.15, -0.1) is 16.6 Å². The number of unbranched alkanes of at least 4 members (excludes halogenated alkanes) is 1. The number of hydrogen-bond donors (Lipinski definition) is 0. The summed E-state index contributed by atoms with van der Waals surface area (Å²) < 4.78 is 6.68. The zero-order chi connectivity index (χ0) is 39.8. The van der Waals surface area contributed by atoms with Gasteiger partial charge in [-0.3, -0.25) is 5.10 Å². The minimum absolute atomic E-state index is 0. The van der Waals surface area contributed by atoms with E-state index in [4.69, 9.17) is 4.51 Å². The van der Waals surface area contributed by atoms with Gasteiger partial charge < -0.3 is 24.3 Å². The average Bonchev–Trinajstić information content (AvgIpc) is 4.09. The smallest absolute Gasteiger partial charge is 0.124 e. The summed E-state index contributed by atoms with van der Waals surface area (Å²) in [4.78, 5) is 18.1. The topological polar surface area (TPSA) is 82.3 Å². The van der Waals surface area contributed by atoms with Crippen molar-refractivity contribution in [2.45, 2.75) is 25.5 Å². The summed E-state index contributed by atoms with van der Waals surface area (Å²) in [7, 11) is -1.17. The summed E-state index contributed by atoms with van der Waals surface area (Å²) in [6, 6.07) is 51.6. The zero-order valence-corrected chi connectivity index (χ0v) is 37.1. The molecule has 60 heavy (non-hydrogen) atoms. The van der Waals surface area contributed by atoms with Gasteiger partial charge in [-0.1, -0.05) is 65.2 Å². The first-order valence-electron chi connectivity index (χ1n) is 19.6. The van der Waals surface area contributed by atoms with Gasteiger partial charge in [0.2, 0.25) is 0 Å². The zero-order valence-electron chi connectivity index (χ0n) is 33.0. The molecule has 0 aliphatic carbocycles. The van der Waals surface area contributed by atoms with Crippen LogP contribution in [0.3, 0.4) is 0 Å².